The molecule has 2 N–H and O–H groups in total. The lowest BCUT2D eigenvalue weighted by molar-refractivity contribution is -0.145. The maximum atomic E-state index is 12.5. The lowest BCUT2D eigenvalue weighted by Crippen LogP contribution is -2.15. The van der Waals surface area contributed by atoms with Gasteiger partial charge in [-0.2, -0.15) is 0 Å². The summed E-state index contributed by atoms with van der Waals surface area (Å²) in [6.45, 7) is 6.75. The molecular formula is C19H22N2O5. The lowest BCUT2D eigenvalue weighted by Gasteiger charge is -2.09. The highest BCUT2D eigenvalue weighted by Gasteiger charge is 2.19. The molecule has 0 atom stereocenters. The minimum atomic E-state index is -0.462. The molecule has 0 aliphatic rings. The molecule has 0 spiro atoms. The second kappa shape index (κ2) is 8.33. The summed E-state index contributed by atoms with van der Waals surface area (Å²) in [5.41, 5.74) is 2.65. The van der Waals surface area contributed by atoms with Crippen molar-refractivity contribution < 1.29 is 23.9 Å². The maximum Gasteiger partial charge on any atom is 0.344 e. The van der Waals surface area contributed by atoms with Crippen LogP contribution in [0.2, 0.25) is 0 Å². The van der Waals surface area contributed by atoms with Crippen LogP contribution in [0.25, 0.3) is 0 Å². The van der Waals surface area contributed by atoms with Crippen LogP contribution >= 0.6 is 0 Å². The van der Waals surface area contributed by atoms with Crippen molar-refractivity contribution in [2.24, 2.45) is 0 Å². The Balaban J connectivity index is 2.10. The molecule has 0 bridgehead atoms. The third-order valence-corrected chi connectivity index (χ3v) is 3.77. The van der Waals surface area contributed by atoms with E-state index in [1.807, 2.05) is 0 Å². The molecule has 0 aliphatic carbocycles. The Labute approximate surface area is 151 Å². The molecule has 26 heavy (non-hydrogen) atoms. The van der Waals surface area contributed by atoms with E-state index in [4.69, 9.17) is 9.47 Å². The summed E-state index contributed by atoms with van der Waals surface area (Å²) in [5.74, 6) is -0.485. The number of ketones is 1. The normalized spacial score (nSPS) is 10.3. The number of hydrogen-bond donors (Lipinski definition) is 2. The van der Waals surface area contributed by atoms with Gasteiger partial charge in [-0.1, -0.05) is 6.07 Å². The van der Waals surface area contributed by atoms with Gasteiger partial charge in [0.1, 0.15) is 11.4 Å². The molecule has 0 saturated carbocycles. The van der Waals surface area contributed by atoms with E-state index in [1.54, 1.807) is 45.0 Å². The predicted molar refractivity (Wildman–Crippen MR) is 96.8 cm³/mol. The number of aryl methyl sites for hydroxylation is 1. The van der Waals surface area contributed by atoms with E-state index in [2.05, 4.69) is 10.3 Å². The van der Waals surface area contributed by atoms with Crippen LogP contribution in [-0.2, 0) is 9.53 Å². The Bertz CT molecular complexity index is 838. The van der Waals surface area contributed by atoms with Crippen molar-refractivity contribution >= 4 is 23.3 Å². The van der Waals surface area contributed by atoms with E-state index in [1.165, 1.54) is 6.92 Å². The Morgan fingerprint density at radius 2 is 1.92 bits per heavy atom. The first kappa shape index (κ1) is 19.2. The first-order valence-corrected chi connectivity index (χ1v) is 8.23. The zero-order valence-corrected chi connectivity index (χ0v) is 15.3. The average Bonchev–Trinajstić information content (AvgIpc) is 2.88. The Kier molecular flexibility index (Phi) is 6.16. The van der Waals surface area contributed by atoms with E-state index < -0.39 is 5.97 Å². The minimum absolute atomic E-state index is 0.0929. The summed E-state index contributed by atoms with van der Waals surface area (Å²) in [6, 6.07) is 6.68. The maximum absolute atomic E-state index is 12.5. The zero-order valence-electron chi connectivity index (χ0n) is 15.3. The number of carbonyl (C=O) groups excluding carboxylic acids is 3. The van der Waals surface area contributed by atoms with Crippen molar-refractivity contribution in [2.75, 3.05) is 18.5 Å². The highest BCUT2D eigenvalue weighted by Crippen LogP contribution is 2.21. The summed E-state index contributed by atoms with van der Waals surface area (Å²) in [5, 5.41) is 2.75. The fourth-order valence-electron chi connectivity index (χ4n) is 2.71. The first-order valence-electron chi connectivity index (χ1n) is 8.23. The molecule has 1 aromatic heterocycles. The van der Waals surface area contributed by atoms with Gasteiger partial charge in [-0.05, 0) is 45.4 Å². The van der Waals surface area contributed by atoms with Crippen LogP contribution in [0.5, 0.6) is 5.75 Å². The second-order valence-electron chi connectivity index (χ2n) is 5.76. The summed E-state index contributed by atoms with van der Waals surface area (Å²) in [6.07, 6.45) is 0. The highest BCUT2D eigenvalue weighted by atomic mass is 16.6. The smallest absolute Gasteiger partial charge is 0.344 e. The summed E-state index contributed by atoms with van der Waals surface area (Å²) < 4.78 is 10.1. The third-order valence-electron chi connectivity index (χ3n) is 3.77. The summed E-state index contributed by atoms with van der Waals surface area (Å²) in [7, 11) is 0. The van der Waals surface area contributed by atoms with Crippen LogP contribution in [0.15, 0.2) is 24.3 Å². The van der Waals surface area contributed by atoms with Gasteiger partial charge in [-0.15, -0.1) is 0 Å². The van der Waals surface area contributed by atoms with Gasteiger partial charge in [0.2, 0.25) is 0 Å². The Hall–Kier alpha value is -3.09. The number of aromatic nitrogens is 1. The number of ether oxygens (including phenoxy) is 2. The summed E-state index contributed by atoms with van der Waals surface area (Å²) in [4.78, 5) is 38.5. The standard InChI is InChI=1S/C19H22N2O5/c1-5-25-16(23)10-26-15-8-6-7-14(9-15)21-19(24)18-11(2)17(13(4)22)12(3)20-18/h6-9,20H,5,10H2,1-4H3,(H,21,24). The van der Waals surface area contributed by atoms with Crippen LogP contribution in [0.1, 0.15) is 46.0 Å². The number of aromatic amines is 1. The largest absolute Gasteiger partial charge is 0.482 e. The fraction of sp³-hybridized carbons (Fsp3) is 0.316. The number of esters is 1. The number of anilines is 1. The van der Waals surface area contributed by atoms with E-state index in [0.717, 1.165) is 0 Å². The van der Waals surface area contributed by atoms with Gasteiger partial charge < -0.3 is 19.8 Å². The van der Waals surface area contributed by atoms with Gasteiger partial charge in [-0.3, -0.25) is 9.59 Å². The van der Waals surface area contributed by atoms with Crippen molar-refractivity contribution in [3.63, 3.8) is 0 Å². The molecule has 0 fully saturated rings. The molecule has 1 aromatic carbocycles. The van der Waals surface area contributed by atoms with Crippen molar-refractivity contribution in [1.29, 1.82) is 0 Å². The second-order valence-corrected chi connectivity index (χ2v) is 5.76. The zero-order chi connectivity index (χ0) is 19.3. The quantitative estimate of drug-likeness (QED) is 0.586. The number of hydrogen-bond acceptors (Lipinski definition) is 5. The number of rotatable bonds is 7. The molecule has 0 aliphatic heterocycles. The van der Waals surface area contributed by atoms with Gasteiger partial charge in [0, 0.05) is 23.0 Å². The van der Waals surface area contributed by atoms with Crippen molar-refractivity contribution in [1.82, 2.24) is 4.98 Å². The average molecular weight is 358 g/mol. The number of amides is 1. The van der Waals surface area contributed by atoms with Crippen LogP contribution in [0.3, 0.4) is 0 Å². The van der Waals surface area contributed by atoms with Crippen LogP contribution < -0.4 is 10.1 Å². The topological polar surface area (TPSA) is 97.5 Å². The molecule has 0 radical (unpaired) electrons. The molecule has 0 unspecified atom stereocenters. The Morgan fingerprint density at radius 1 is 1.19 bits per heavy atom. The van der Waals surface area contributed by atoms with Crippen molar-refractivity contribution in [2.45, 2.75) is 27.7 Å². The Morgan fingerprint density at radius 3 is 2.54 bits per heavy atom. The minimum Gasteiger partial charge on any atom is -0.482 e. The van der Waals surface area contributed by atoms with Gasteiger partial charge in [-0.25, -0.2) is 4.79 Å². The van der Waals surface area contributed by atoms with Gasteiger partial charge in [0.05, 0.1) is 6.61 Å². The lowest BCUT2D eigenvalue weighted by atomic mass is 10.1. The molecule has 7 heteroatoms. The number of benzene rings is 1. The highest BCUT2D eigenvalue weighted by molar-refractivity contribution is 6.07. The SMILES string of the molecule is CCOC(=O)COc1cccc(NC(=O)c2[nH]c(C)c(C(C)=O)c2C)c1. The van der Waals surface area contributed by atoms with Crippen LogP contribution in [-0.4, -0.2) is 35.9 Å². The third kappa shape index (κ3) is 4.50. The number of carbonyl (C=O) groups is 3. The molecule has 0 saturated heterocycles. The van der Waals surface area contributed by atoms with Crippen LogP contribution in [0, 0.1) is 13.8 Å². The first-order chi connectivity index (χ1) is 12.3. The monoisotopic (exact) mass is 358 g/mol. The molecule has 7 nitrogen and oxygen atoms in total. The van der Waals surface area contributed by atoms with E-state index in [0.29, 0.717) is 34.0 Å². The molecule has 138 valence electrons. The summed E-state index contributed by atoms with van der Waals surface area (Å²) >= 11 is 0. The van der Waals surface area contributed by atoms with Crippen molar-refractivity contribution in [3.8, 4) is 5.75 Å². The molecule has 2 aromatic rings. The van der Waals surface area contributed by atoms with E-state index in [9.17, 15) is 14.4 Å². The number of Topliss-reactive ketones (excluding diaryl/α,β-unsaturated/α-hetero) is 1. The van der Waals surface area contributed by atoms with E-state index in [-0.39, 0.29) is 24.9 Å². The van der Waals surface area contributed by atoms with Gasteiger partial charge >= 0.3 is 5.97 Å². The molecule has 1 amide bonds. The van der Waals surface area contributed by atoms with Crippen molar-refractivity contribution in [3.05, 3.63) is 46.8 Å². The van der Waals surface area contributed by atoms with Crippen LogP contribution in [0.4, 0.5) is 5.69 Å². The molecular weight excluding hydrogens is 336 g/mol. The molecule has 1 heterocycles. The van der Waals surface area contributed by atoms with Gasteiger partial charge in [0.25, 0.3) is 5.91 Å². The fourth-order valence-corrected chi connectivity index (χ4v) is 2.71. The van der Waals surface area contributed by atoms with Gasteiger partial charge in [0.15, 0.2) is 12.4 Å². The van der Waals surface area contributed by atoms with E-state index >= 15 is 0 Å². The number of nitrogens with one attached hydrogen (secondary N) is 2. The number of H-pyrrole nitrogens is 1. The predicted octanol–water partition coefficient (Wildman–Crippen LogP) is 3.03. The molecule has 2 rings (SSSR count).